The van der Waals surface area contributed by atoms with E-state index in [-0.39, 0.29) is 23.0 Å². The number of nitrogens with one attached hydrogen (secondary N) is 3. The smallest absolute Gasteiger partial charge is 0.475 e. The molecule has 0 bridgehead atoms. The van der Waals surface area contributed by atoms with Crippen LogP contribution in [-0.2, 0) is 32.6 Å². The van der Waals surface area contributed by atoms with Crippen molar-refractivity contribution < 1.29 is 41.1 Å². The first kappa shape index (κ1) is 39.8. The van der Waals surface area contributed by atoms with Gasteiger partial charge in [-0.1, -0.05) is 38.2 Å². The van der Waals surface area contributed by atoms with Crippen molar-refractivity contribution in [3.63, 3.8) is 0 Å². The highest BCUT2D eigenvalue weighted by Crippen LogP contribution is 2.38. The van der Waals surface area contributed by atoms with Gasteiger partial charge < -0.3 is 20.6 Å². The van der Waals surface area contributed by atoms with Gasteiger partial charge in [-0.25, -0.2) is 19.7 Å². The molecule has 0 aromatic carbocycles. The van der Waals surface area contributed by atoms with Crippen LogP contribution < -0.4 is 15.4 Å². The molecule has 1 aliphatic carbocycles. The minimum Gasteiger partial charge on any atom is -0.475 e. The molecular weight excluding hydrogens is 714 g/mol. The van der Waals surface area contributed by atoms with Gasteiger partial charge in [-0.2, -0.15) is 25.9 Å². The number of anilines is 1. The second kappa shape index (κ2) is 16.2. The lowest BCUT2D eigenvalue weighted by Crippen LogP contribution is -2.34. The molecule has 5 rings (SSSR count). The van der Waals surface area contributed by atoms with E-state index in [1.807, 2.05) is 0 Å². The molecule has 19 heteroatoms. The molecule has 0 saturated carbocycles. The van der Waals surface area contributed by atoms with E-state index in [2.05, 4.69) is 57.1 Å². The lowest BCUT2D eigenvalue weighted by atomic mass is 9.71. The summed E-state index contributed by atoms with van der Waals surface area (Å²) in [5.41, 5.74) is 4.02. The van der Waals surface area contributed by atoms with Gasteiger partial charge in [0.1, 0.15) is 16.2 Å². The summed E-state index contributed by atoms with van der Waals surface area (Å²) in [7, 11) is -0.835. The van der Waals surface area contributed by atoms with Crippen LogP contribution in [0.2, 0.25) is 0 Å². The van der Waals surface area contributed by atoms with E-state index >= 15 is 0 Å². The maximum absolute atomic E-state index is 13.6. The average Bonchev–Trinajstić information content (AvgIpc) is 3.34. The highest BCUT2D eigenvalue weighted by Gasteiger charge is 2.38. The summed E-state index contributed by atoms with van der Waals surface area (Å²) < 4.78 is 59.7. The van der Waals surface area contributed by atoms with E-state index in [1.165, 1.54) is 31.0 Å². The van der Waals surface area contributed by atoms with Crippen LogP contribution in [0.3, 0.4) is 0 Å². The summed E-state index contributed by atoms with van der Waals surface area (Å²) in [5, 5.41) is 13.5. The van der Waals surface area contributed by atoms with E-state index in [4.69, 9.17) is 14.9 Å². The molecule has 280 valence electrons. The number of carbonyl (C=O) groups excluding carboxylic acids is 2. The SMILES string of the molecule is CN(C)S(=O)(=O)Nc1ccc([C@@H](CCN2CCNC(=O)CC2)NC(=O)c2nc3cc4c(nc3s2)CC[C@H](C(C)(C)C)C4)cn1.O=C(O)C(F)(F)F. The summed E-state index contributed by atoms with van der Waals surface area (Å²) in [6.07, 6.45) is 0.488. The fourth-order valence-electron chi connectivity index (χ4n) is 5.63. The molecule has 3 aromatic heterocycles. The quantitative estimate of drug-likeness (QED) is 0.251. The number of alkyl halides is 3. The first-order valence-electron chi connectivity index (χ1n) is 16.3. The molecule has 4 N–H and O–H groups in total. The molecular formula is C32H43F3N8O6S2. The Labute approximate surface area is 298 Å². The second-order valence-electron chi connectivity index (χ2n) is 13.7. The Morgan fingerprint density at radius 1 is 1.16 bits per heavy atom. The van der Waals surface area contributed by atoms with Crippen LogP contribution in [0.15, 0.2) is 24.4 Å². The van der Waals surface area contributed by atoms with Crippen molar-refractivity contribution >= 4 is 55.5 Å². The van der Waals surface area contributed by atoms with Crippen molar-refractivity contribution in [2.75, 3.05) is 45.0 Å². The minimum absolute atomic E-state index is 0.0392. The lowest BCUT2D eigenvalue weighted by Gasteiger charge is -2.34. The number of pyridine rings is 2. The Balaban J connectivity index is 0.000000755. The van der Waals surface area contributed by atoms with Crippen molar-refractivity contribution in [3.05, 3.63) is 46.2 Å². The fraction of sp³-hybridized carbons (Fsp3) is 0.562. The zero-order chi connectivity index (χ0) is 37.7. The van der Waals surface area contributed by atoms with E-state index in [9.17, 15) is 31.2 Å². The number of aliphatic carboxylic acids is 1. The summed E-state index contributed by atoms with van der Waals surface area (Å²) in [6, 6.07) is 5.04. The third-order valence-corrected chi connectivity index (χ3v) is 11.1. The number of carbonyl (C=O) groups is 3. The van der Waals surface area contributed by atoms with Gasteiger partial charge in [-0.05, 0) is 60.3 Å². The normalized spacial score (nSPS) is 17.8. The number of aromatic nitrogens is 3. The number of aryl methyl sites for hydroxylation is 1. The van der Waals surface area contributed by atoms with Gasteiger partial charge in [0.2, 0.25) is 5.91 Å². The highest BCUT2D eigenvalue weighted by atomic mass is 32.2. The summed E-state index contributed by atoms with van der Waals surface area (Å²) in [5.74, 6) is -2.26. The minimum atomic E-state index is -5.08. The van der Waals surface area contributed by atoms with Crippen molar-refractivity contribution in [1.29, 1.82) is 0 Å². The zero-order valence-electron chi connectivity index (χ0n) is 29.0. The Morgan fingerprint density at radius 2 is 1.86 bits per heavy atom. The molecule has 2 atom stereocenters. The number of carboxylic acids is 1. The van der Waals surface area contributed by atoms with Gasteiger partial charge in [-0.3, -0.25) is 14.3 Å². The number of hydrogen-bond acceptors (Lipinski definition) is 10. The predicted octanol–water partition coefficient (Wildman–Crippen LogP) is 3.77. The summed E-state index contributed by atoms with van der Waals surface area (Å²) in [6.45, 7) is 9.44. The van der Waals surface area contributed by atoms with E-state index in [0.717, 1.165) is 51.7 Å². The molecule has 1 fully saturated rings. The number of carboxylic acid groups (broad SMARTS) is 1. The zero-order valence-corrected chi connectivity index (χ0v) is 30.6. The average molecular weight is 757 g/mol. The van der Waals surface area contributed by atoms with Crippen LogP contribution in [-0.4, -0.2) is 102 Å². The van der Waals surface area contributed by atoms with Crippen LogP contribution in [0.5, 0.6) is 0 Å². The van der Waals surface area contributed by atoms with Gasteiger partial charge in [0.05, 0.1) is 6.04 Å². The van der Waals surface area contributed by atoms with Crippen LogP contribution in [0.1, 0.15) is 72.7 Å². The molecule has 1 aliphatic heterocycles. The van der Waals surface area contributed by atoms with Crippen molar-refractivity contribution in [1.82, 2.24) is 34.8 Å². The number of rotatable bonds is 9. The number of fused-ring (bicyclic) bond motifs is 2. The molecule has 2 aliphatic rings. The first-order chi connectivity index (χ1) is 23.7. The van der Waals surface area contributed by atoms with E-state index in [1.54, 1.807) is 18.3 Å². The maximum Gasteiger partial charge on any atom is 0.490 e. The van der Waals surface area contributed by atoms with E-state index in [0.29, 0.717) is 43.4 Å². The van der Waals surface area contributed by atoms with Crippen molar-refractivity contribution in [2.24, 2.45) is 11.3 Å². The van der Waals surface area contributed by atoms with Crippen LogP contribution in [0.25, 0.3) is 10.3 Å². The number of thiazole rings is 1. The molecule has 2 amide bonds. The molecule has 4 heterocycles. The summed E-state index contributed by atoms with van der Waals surface area (Å²) >= 11 is 1.29. The first-order valence-corrected chi connectivity index (χ1v) is 18.5. The predicted molar refractivity (Wildman–Crippen MR) is 185 cm³/mol. The third kappa shape index (κ3) is 11.0. The molecule has 3 aromatic rings. The lowest BCUT2D eigenvalue weighted by molar-refractivity contribution is -0.192. The van der Waals surface area contributed by atoms with Crippen molar-refractivity contribution in [3.8, 4) is 0 Å². The molecule has 0 unspecified atom stereocenters. The number of hydrogen-bond donors (Lipinski definition) is 4. The number of amides is 2. The Bertz CT molecular complexity index is 1830. The van der Waals surface area contributed by atoms with E-state index < -0.39 is 28.4 Å². The maximum atomic E-state index is 13.6. The van der Waals surface area contributed by atoms with Crippen molar-refractivity contribution in [2.45, 2.75) is 65.1 Å². The Hall–Kier alpha value is -3.94. The fourth-order valence-corrected chi connectivity index (χ4v) is 7.05. The van der Waals surface area contributed by atoms with Gasteiger partial charge in [0.15, 0.2) is 5.01 Å². The number of halogens is 3. The molecule has 0 radical (unpaired) electrons. The molecule has 1 saturated heterocycles. The molecule has 51 heavy (non-hydrogen) atoms. The topological polar surface area (TPSA) is 187 Å². The van der Waals surface area contributed by atoms with Gasteiger partial charge in [0, 0.05) is 58.6 Å². The second-order valence-corrected chi connectivity index (χ2v) is 16.5. The Kier molecular flexibility index (Phi) is 12.6. The van der Waals surface area contributed by atoms with Crippen LogP contribution in [0, 0.1) is 11.3 Å². The van der Waals surface area contributed by atoms with Gasteiger partial charge in [0.25, 0.3) is 5.91 Å². The summed E-state index contributed by atoms with van der Waals surface area (Å²) in [4.78, 5) is 51.2. The van der Waals surface area contributed by atoms with Gasteiger partial charge >= 0.3 is 22.4 Å². The molecule has 0 spiro atoms. The standard InChI is InChI=1S/C30H42N8O4S2.C2HF3O2/c1-30(2,3)21-7-8-22-20(16-21)17-24-28(34-22)43-29(35-24)27(40)33-23(10-13-38-14-11-26(39)31-12-15-38)19-6-9-25(32-18-19)36-44(41,42)37(4)5;3-2(4,5)1(6)7/h6,9,17-18,21,23H,7-8,10-16H2,1-5H3,(H,31,39)(H,32,36)(H,33,40);(H,6,7)/t21-,23+;/m0./s1. The van der Waals surface area contributed by atoms with Crippen LogP contribution in [0.4, 0.5) is 19.0 Å². The number of nitrogens with zero attached hydrogens (tertiary/aromatic N) is 5. The van der Waals surface area contributed by atoms with Crippen LogP contribution >= 0.6 is 11.3 Å². The monoisotopic (exact) mass is 756 g/mol. The van der Waals surface area contributed by atoms with Gasteiger partial charge in [-0.15, -0.1) is 0 Å². The Morgan fingerprint density at radius 3 is 2.47 bits per heavy atom. The molecule has 14 nitrogen and oxygen atoms in total. The highest BCUT2D eigenvalue weighted by molar-refractivity contribution is 7.90. The third-order valence-electron chi connectivity index (χ3n) is 8.76. The largest absolute Gasteiger partial charge is 0.490 e.